The molecule has 4 aromatic carbocycles. The van der Waals surface area contributed by atoms with E-state index < -0.39 is 60.9 Å². The van der Waals surface area contributed by atoms with E-state index in [0.29, 0.717) is 22.6 Å². The van der Waals surface area contributed by atoms with Gasteiger partial charge in [0.25, 0.3) is 0 Å². The Balaban J connectivity index is 1.90. The first-order valence-electron chi connectivity index (χ1n) is 20.3. The molecule has 0 N–H and O–H groups in total. The predicted molar refractivity (Wildman–Crippen MR) is 235 cm³/mol. The molecule has 0 bridgehead atoms. The zero-order valence-corrected chi connectivity index (χ0v) is 38.4. The van der Waals surface area contributed by atoms with Crippen molar-refractivity contribution in [1.82, 2.24) is 0 Å². The number of carbonyl (C=O) groups is 5. The minimum absolute atomic E-state index is 0.00184. The molecule has 0 aromatic heterocycles. The van der Waals surface area contributed by atoms with Crippen molar-refractivity contribution in [3.8, 4) is 51.7 Å². The van der Waals surface area contributed by atoms with Crippen LogP contribution in [0.3, 0.4) is 0 Å². The molecule has 4 rings (SSSR count). The van der Waals surface area contributed by atoms with E-state index in [1.54, 1.807) is 66.7 Å². The fourth-order valence-electron chi connectivity index (χ4n) is 6.34. The highest BCUT2D eigenvalue weighted by atomic mass is 16.6. The van der Waals surface area contributed by atoms with Gasteiger partial charge in [-0.25, -0.2) is 0 Å². The lowest BCUT2D eigenvalue weighted by Crippen LogP contribution is -2.35. The number of hydrogen-bond acceptors (Lipinski definition) is 18. The van der Waals surface area contributed by atoms with Crippen LogP contribution in [0.15, 0.2) is 78.9 Å². The quantitative estimate of drug-likeness (QED) is 0.0395. The van der Waals surface area contributed by atoms with Gasteiger partial charge in [0, 0.05) is 45.7 Å². The smallest absolute Gasteiger partial charge is 0.308 e. The number of hydrogen-bond donors (Lipinski definition) is 0. The van der Waals surface area contributed by atoms with Crippen molar-refractivity contribution in [2.45, 2.75) is 59.0 Å². The van der Waals surface area contributed by atoms with Crippen LogP contribution in [-0.4, -0.2) is 97.4 Å². The van der Waals surface area contributed by atoms with Crippen molar-refractivity contribution in [3.05, 3.63) is 95.6 Å². The number of methoxy groups -OCH3 is 5. The lowest BCUT2D eigenvalue weighted by molar-refractivity contribution is -0.157. The fourth-order valence-corrected chi connectivity index (χ4v) is 6.34. The van der Waals surface area contributed by atoms with Gasteiger partial charge in [0.2, 0.25) is 5.75 Å². The Morgan fingerprint density at radius 1 is 0.470 bits per heavy atom. The molecule has 0 aliphatic carbocycles. The fraction of sp³-hybridized carbons (Fsp3) is 0.354. The number of carbonyl (C=O) groups excluding carboxylic acids is 5. The molecule has 4 atom stereocenters. The van der Waals surface area contributed by atoms with Gasteiger partial charge in [-0.05, 0) is 60.2 Å². The third-order valence-corrected chi connectivity index (χ3v) is 9.20. The average Bonchev–Trinajstić information content (AvgIpc) is 3.29. The Labute approximate surface area is 382 Å². The van der Waals surface area contributed by atoms with Gasteiger partial charge >= 0.3 is 29.8 Å². The molecule has 4 aromatic rings. The van der Waals surface area contributed by atoms with Crippen LogP contribution in [0.5, 0.6) is 51.7 Å². The number of benzene rings is 4. The van der Waals surface area contributed by atoms with Gasteiger partial charge in [0.1, 0.15) is 19.8 Å². The van der Waals surface area contributed by atoms with E-state index in [1.807, 2.05) is 0 Å². The Bertz CT molecular complexity index is 2310. The van der Waals surface area contributed by atoms with Gasteiger partial charge < -0.3 is 61.6 Å². The zero-order chi connectivity index (χ0) is 48.3. The first kappa shape index (κ1) is 51.0. The zero-order valence-electron chi connectivity index (χ0n) is 38.4. The predicted octanol–water partition coefficient (Wildman–Crippen LogP) is 6.98. The molecule has 4 unspecified atom stereocenters. The maximum absolute atomic E-state index is 12.7. The molecular weight excluding hydrogens is 865 g/mol. The molecule has 18 nitrogen and oxygen atoms in total. The maximum atomic E-state index is 12.7. The van der Waals surface area contributed by atoms with Crippen molar-refractivity contribution in [3.63, 3.8) is 0 Å². The molecule has 354 valence electrons. The van der Waals surface area contributed by atoms with Crippen molar-refractivity contribution < 1.29 is 85.6 Å². The van der Waals surface area contributed by atoms with E-state index in [4.69, 9.17) is 61.6 Å². The maximum Gasteiger partial charge on any atom is 0.308 e. The van der Waals surface area contributed by atoms with Crippen molar-refractivity contribution >= 4 is 35.9 Å². The second kappa shape index (κ2) is 25.0. The van der Waals surface area contributed by atoms with Crippen LogP contribution in [0, 0.1) is 0 Å². The molecule has 0 saturated carbocycles. The van der Waals surface area contributed by atoms with E-state index in [2.05, 4.69) is 0 Å². The summed E-state index contributed by atoms with van der Waals surface area (Å²) in [6, 6.07) is 19.6. The summed E-state index contributed by atoms with van der Waals surface area (Å²) >= 11 is 0. The molecule has 0 radical (unpaired) electrons. The lowest BCUT2D eigenvalue weighted by Gasteiger charge is -2.31. The van der Waals surface area contributed by atoms with Crippen molar-refractivity contribution in [1.29, 1.82) is 0 Å². The van der Waals surface area contributed by atoms with E-state index in [0.717, 1.165) is 0 Å². The van der Waals surface area contributed by atoms with Gasteiger partial charge in [-0.3, -0.25) is 24.0 Å². The second-order valence-corrected chi connectivity index (χ2v) is 14.0. The Morgan fingerprint density at radius 3 is 1.53 bits per heavy atom. The highest BCUT2D eigenvalue weighted by molar-refractivity contribution is 5.71. The summed E-state index contributed by atoms with van der Waals surface area (Å²) in [5, 5.41) is 0. The average molecular weight is 919 g/mol. The Morgan fingerprint density at radius 2 is 0.985 bits per heavy atom. The lowest BCUT2D eigenvalue weighted by atomic mass is 10.0. The number of ether oxygens (including phenoxy) is 13. The third kappa shape index (κ3) is 14.7. The first-order valence-corrected chi connectivity index (χ1v) is 20.3. The molecule has 0 fully saturated rings. The van der Waals surface area contributed by atoms with Gasteiger partial charge in [0.05, 0.1) is 35.5 Å². The van der Waals surface area contributed by atoms with Crippen LogP contribution < -0.4 is 42.6 Å². The standard InChI is InChI=1S/C48H54O18/c1-28(49)59-21-13-14-33-17-19-39(40(22-33)55-7)65-46(34-18-20-38(62-31(4)52)41(23-34)56-8)45(27-61-30(3)51)66-48-42(57-9)24-35(25-43(48)58-10)47(63-32(5)53)44(26-60-29(2)50)64-37-16-12-11-15-36(37)54-6/h11-20,22-25,44-47H,21,26-27H2,1-10H3/b14-13+. The second-order valence-electron chi connectivity index (χ2n) is 14.0. The van der Waals surface area contributed by atoms with Crippen LogP contribution in [-0.2, 0) is 42.9 Å². The highest BCUT2D eigenvalue weighted by Gasteiger charge is 2.36. The van der Waals surface area contributed by atoms with E-state index in [1.165, 1.54) is 88.4 Å². The Hall–Kier alpha value is -7.63. The van der Waals surface area contributed by atoms with Crippen LogP contribution in [0.2, 0.25) is 0 Å². The van der Waals surface area contributed by atoms with Crippen LogP contribution >= 0.6 is 0 Å². The van der Waals surface area contributed by atoms with Gasteiger partial charge in [0.15, 0.2) is 70.4 Å². The highest BCUT2D eigenvalue weighted by Crippen LogP contribution is 2.45. The minimum Gasteiger partial charge on any atom is -0.493 e. The van der Waals surface area contributed by atoms with E-state index >= 15 is 0 Å². The van der Waals surface area contributed by atoms with E-state index in [9.17, 15) is 24.0 Å². The van der Waals surface area contributed by atoms with E-state index in [-0.39, 0.29) is 59.0 Å². The summed E-state index contributed by atoms with van der Waals surface area (Å²) in [5.74, 6) is -1.39. The summed E-state index contributed by atoms with van der Waals surface area (Å²) in [5.41, 5.74) is 1.37. The van der Waals surface area contributed by atoms with Gasteiger partial charge in [-0.15, -0.1) is 0 Å². The molecule has 0 amide bonds. The summed E-state index contributed by atoms with van der Waals surface area (Å²) in [6.45, 7) is 5.52. The third-order valence-electron chi connectivity index (χ3n) is 9.20. The summed E-state index contributed by atoms with van der Waals surface area (Å²) in [7, 11) is 7.04. The number of para-hydroxylation sites is 2. The SMILES string of the molecule is COc1cc(C(Oc2ccc(/C=C/COC(C)=O)cc2OC)C(COC(C)=O)Oc2c(OC)cc(C(OC(C)=O)C(COC(C)=O)Oc3ccccc3OC)cc2OC)ccc1OC(C)=O. The van der Waals surface area contributed by atoms with Gasteiger partial charge in [-0.2, -0.15) is 0 Å². The monoisotopic (exact) mass is 918 g/mol. The number of rotatable bonds is 24. The molecule has 0 aliphatic rings. The molecule has 18 heteroatoms. The largest absolute Gasteiger partial charge is 0.493 e. The molecule has 66 heavy (non-hydrogen) atoms. The topological polar surface area (TPSA) is 205 Å². The Kier molecular flexibility index (Phi) is 19.3. The normalized spacial score (nSPS) is 12.6. The molecule has 0 heterocycles. The molecule has 0 aliphatic heterocycles. The molecule has 0 saturated heterocycles. The summed E-state index contributed by atoms with van der Waals surface area (Å²) in [4.78, 5) is 60.5. The van der Waals surface area contributed by atoms with Gasteiger partial charge in [-0.1, -0.05) is 30.3 Å². The van der Waals surface area contributed by atoms with Crippen LogP contribution in [0.4, 0.5) is 0 Å². The van der Waals surface area contributed by atoms with Crippen LogP contribution in [0.1, 0.15) is 63.5 Å². The summed E-state index contributed by atoms with van der Waals surface area (Å²) in [6.07, 6.45) is -1.39. The summed E-state index contributed by atoms with van der Waals surface area (Å²) < 4.78 is 75.5. The number of esters is 5. The van der Waals surface area contributed by atoms with Crippen molar-refractivity contribution in [2.24, 2.45) is 0 Å². The molecular formula is C48H54O18. The van der Waals surface area contributed by atoms with Crippen LogP contribution in [0.25, 0.3) is 6.08 Å². The van der Waals surface area contributed by atoms with Crippen molar-refractivity contribution in [2.75, 3.05) is 55.4 Å². The minimum atomic E-state index is -1.24. The first-order chi connectivity index (χ1) is 31.6. The molecule has 0 spiro atoms.